The van der Waals surface area contributed by atoms with Crippen LogP contribution in [0, 0.1) is 0 Å². The summed E-state index contributed by atoms with van der Waals surface area (Å²) in [6.07, 6.45) is 3.74. The summed E-state index contributed by atoms with van der Waals surface area (Å²) in [5.41, 5.74) is 6.03. The summed E-state index contributed by atoms with van der Waals surface area (Å²) in [6.45, 7) is 4.94. The van der Waals surface area contributed by atoms with Crippen molar-refractivity contribution in [1.29, 1.82) is 0 Å². The molecule has 36 heavy (non-hydrogen) atoms. The number of piperidine rings is 1. The van der Waals surface area contributed by atoms with Crippen LogP contribution in [-0.4, -0.2) is 54.7 Å². The fourth-order valence-corrected chi connectivity index (χ4v) is 4.52. The van der Waals surface area contributed by atoms with Crippen molar-refractivity contribution in [2.24, 2.45) is 12.8 Å². The number of imidazole rings is 1. The summed E-state index contributed by atoms with van der Waals surface area (Å²) in [5.74, 6) is -1.37. The molecule has 0 saturated carbocycles. The molecule has 3 heterocycles. The Labute approximate surface area is 207 Å². The normalized spacial score (nSPS) is 15.8. The number of allylic oxidation sites excluding steroid dienone is 2. The molecule has 3 aromatic rings. The minimum absolute atomic E-state index is 0.0251. The first kappa shape index (κ1) is 25.1. The number of fused-ring (bicyclic) bond motifs is 1. The number of anilines is 1. The zero-order valence-corrected chi connectivity index (χ0v) is 20.6. The van der Waals surface area contributed by atoms with Gasteiger partial charge in [-0.3, -0.25) is 18.7 Å². The molecule has 1 unspecified atom stereocenters. The largest absolute Gasteiger partial charge is 0.478 e. The number of hydrogen-bond acceptors (Lipinski definition) is 7. The second-order valence-corrected chi connectivity index (χ2v) is 9.33. The van der Waals surface area contributed by atoms with Gasteiger partial charge < -0.3 is 20.3 Å². The van der Waals surface area contributed by atoms with E-state index in [0.717, 1.165) is 29.5 Å². The Balaban J connectivity index is 1.89. The van der Waals surface area contributed by atoms with Crippen LogP contribution in [0.3, 0.4) is 0 Å². The molecular weight excluding hydrogens is 464 g/mol. The molecule has 1 fully saturated rings. The number of carbonyl (C=O) groups excluding carboxylic acids is 1. The molecule has 1 aromatic carbocycles. The van der Waals surface area contributed by atoms with E-state index in [2.05, 4.69) is 4.98 Å². The maximum atomic E-state index is 13.7. The lowest BCUT2D eigenvalue weighted by Gasteiger charge is -2.31. The number of rotatable bonds is 7. The number of nitrogens with two attached hydrogens (primary N) is 1. The molecule has 1 saturated heterocycles. The molecule has 1 atom stereocenters. The van der Waals surface area contributed by atoms with Crippen LogP contribution in [0.15, 0.2) is 45.5 Å². The minimum Gasteiger partial charge on any atom is -0.478 e. The first-order valence-electron chi connectivity index (χ1n) is 11.8. The van der Waals surface area contributed by atoms with E-state index >= 15 is 0 Å². The van der Waals surface area contributed by atoms with Crippen molar-refractivity contribution in [3.05, 3.63) is 67.9 Å². The van der Waals surface area contributed by atoms with E-state index in [9.17, 15) is 24.3 Å². The van der Waals surface area contributed by atoms with E-state index in [0.29, 0.717) is 19.0 Å². The molecule has 1 aliphatic heterocycles. The highest BCUT2D eigenvalue weighted by Gasteiger charge is 2.27. The number of hydrogen-bond donors (Lipinski definition) is 2. The molecule has 11 heteroatoms. The average molecular weight is 495 g/mol. The molecule has 0 spiro atoms. The molecule has 0 amide bonds. The average Bonchev–Trinajstić information content (AvgIpc) is 3.23. The van der Waals surface area contributed by atoms with Gasteiger partial charge in [0.1, 0.15) is 0 Å². The van der Waals surface area contributed by atoms with E-state index in [1.165, 1.54) is 35.9 Å². The quantitative estimate of drug-likeness (QED) is 0.370. The van der Waals surface area contributed by atoms with Crippen molar-refractivity contribution in [3.8, 4) is 0 Å². The van der Waals surface area contributed by atoms with E-state index in [4.69, 9.17) is 5.73 Å². The van der Waals surface area contributed by atoms with Crippen molar-refractivity contribution in [2.75, 3.05) is 18.0 Å². The first-order chi connectivity index (χ1) is 17.1. The van der Waals surface area contributed by atoms with Gasteiger partial charge in [0.25, 0.3) is 5.56 Å². The Hall–Kier alpha value is -3.99. The van der Waals surface area contributed by atoms with Crippen LogP contribution in [0.5, 0.6) is 0 Å². The molecule has 2 aromatic heterocycles. The van der Waals surface area contributed by atoms with Gasteiger partial charge in [-0.05, 0) is 32.8 Å². The number of benzene rings is 1. The van der Waals surface area contributed by atoms with Gasteiger partial charge in [0.2, 0.25) is 5.95 Å². The summed E-state index contributed by atoms with van der Waals surface area (Å²) in [7, 11) is 1.50. The highest BCUT2D eigenvalue weighted by atomic mass is 16.4. The molecule has 3 N–H and O–H groups in total. The van der Waals surface area contributed by atoms with E-state index in [-0.39, 0.29) is 28.3 Å². The van der Waals surface area contributed by atoms with Gasteiger partial charge in [0.05, 0.1) is 12.1 Å². The number of carbonyl (C=O) groups is 2. The zero-order chi connectivity index (χ0) is 26.1. The lowest BCUT2D eigenvalue weighted by atomic mass is 10.0. The molecule has 11 nitrogen and oxygen atoms in total. The van der Waals surface area contributed by atoms with Crippen molar-refractivity contribution in [1.82, 2.24) is 18.7 Å². The lowest BCUT2D eigenvalue weighted by Crippen LogP contribution is -2.44. The highest BCUT2D eigenvalue weighted by molar-refractivity contribution is 6.05. The summed E-state index contributed by atoms with van der Waals surface area (Å²) in [5, 5.41) is 9.44. The monoisotopic (exact) mass is 494 g/mol. The van der Waals surface area contributed by atoms with Crippen LogP contribution in [-0.2, 0) is 20.1 Å². The second kappa shape index (κ2) is 9.94. The summed E-state index contributed by atoms with van der Waals surface area (Å²) in [6, 6.07) is 5.70. The predicted molar refractivity (Wildman–Crippen MR) is 136 cm³/mol. The summed E-state index contributed by atoms with van der Waals surface area (Å²) < 4.78 is 3.85. The van der Waals surface area contributed by atoms with Crippen molar-refractivity contribution in [2.45, 2.75) is 45.8 Å². The van der Waals surface area contributed by atoms with Crippen molar-refractivity contribution >= 4 is 28.9 Å². The maximum absolute atomic E-state index is 13.7. The number of nitrogens with zero attached hydrogens (tertiary/aromatic N) is 5. The highest BCUT2D eigenvalue weighted by Crippen LogP contribution is 2.23. The fourth-order valence-electron chi connectivity index (χ4n) is 4.52. The Kier molecular flexibility index (Phi) is 6.93. The third-order valence-corrected chi connectivity index (χ3v) is 6.39. The first-order valence-corrected chi connectivity index (χ1v) is 11.8. The van der Waals surface area contributed by atoms with E-state index < -0.39 is 29.5 Å². The van der Waals surface area contributed by atoms with Crippen LogP contribution in [0.4, 0.5) is 5.95 Å². The van der Waals surface area contributed by atoms with E-state index in [1.54, 1.807) is 4.57 Å². The Morgan fingerprint density at radius 3 is 2.50 bits per heavy atom. The maximum Gasteiger partial charge on any atom is 0.336 e. The SMILES string of the molecule is CC(C)=CCn1c(N2CCCC(N)C2)nc2c1c(=O)n(CC(=O)c1ccccc1C(=O)O)c(=O)n2C. The third kappa shape index (κ3) is 4.61. The van der Waals surface area contributed by atoms with Gasteiger partial charge in [-0.2, -0.15) is 4.98 Å². The summed E-state index contributed by atoms with van der Waals surface area (Å²) >= 11 is 0. The number of carboxylic acid groups (broad SMARTS) is 1. The van der Waals surface area contributed by atoms with Gasteiger partial charge in [-0.15, -0.1) is 0 Å². The smallest absolute Gasteiger partial charge is 0.336 e. The number of aromatic nitrogens is 4. The van der Waals surface area contributed by atoms with Gasteiger partial charge in [0.15, 0.2) is 16.9 Å². The van der Waals surface area contributed by atoms with Crippen LogP contribution in [0.2, 0.25) is 0 Å². The van der Waals surface area contributed by atoms with E-state index in [1.807, 2.05) is 24.8 Å². The number of carboxylic acids is 1. The van der Waals surface area contributed by atoms with Crippen LogP contribution in [0.25, 0.3) is 11.2 Å². The topological polar surface area (TPSA) is 145 Å². The van der Waals surface area contributed by atoms with Gasteiger partial charge in [-0.1, -0.05) is 29.8 Å². The predicted octanol–water partition coefficient (Wildman–Crippen LogP) is 1.37. The van der Waals surface area contributed by atoms with Gasteiger partial charge in [0, 0.05) is 38.3 Å². The van der Waals surface area contributed by atoms with Crippen LogP contribution >= 0.6 is 0 Å². The molecule has 0 aliphatic carbocycles. The molecule has 4 rings (SSSR count). The minimum atomic E-state index is -1.26. The Morgan fingerprint density at radius 2 is 1.86 bits per heavy atom. The molecule has 1 aliphatic rings. The molecule has 0 radical (unpaired) electrons. The van der Waals surface area contributed by atoms with Gasteiger partial charge >= 0.3 is 11.7 Å². The Morgan fingerprint density at radius 1 is 1.17 bits per heavy atom. The second-order valence-electron chi connectivity index (χ2n) is 9.33. The van der Waals surface area contributed by atoms with Crippen molar-refractivity contribution in [3.63, 3.8) is 0 Å². The number of aromatic carboxylic acids is 1. The zero-order valence-electron chi connectivity index (χ0n) is 20.6. The number of Topliss-reactive ketones (excluding diaryl/α,β-unsaturated/α-hetero) is 1. The van der Waals surface area contributed by atoms with Crippen molar-refractivity contribution < 1.29 is 14.7 Å². The Bertz CT molecular complexity index is 1490. The molecule has 190 valence electrons. The molecular formula is C25H30N6O5. The standard InChI is InChI=1S/C25H30N6O5/c1-15(2)10-12-30-20-21(27-24(30)29-11-6-7-16(26)13-29)28(3)25(36)31(22(20)33)14-19(32)17-8-4-5-9-18(17)23(34)35/h4-5,8-10,16H,6-7,11-14,26H2,1-3H3,(H,34,35). The number of ketones is 1. The summed E-state index contributed by atoms with van der Waals surface area (Å²) in [4.78, 5) is 58.2. The molecule has 0 bridgehead atoms. The van der Waals surface area contributed by atoms with Crippen LogP contribution in [0.1, 0.15) is 47.4 Å². The number of aryl methyl sites for hydroxylation is 1. The van der Waals surface area contributed by atoms with Crippen LogP contribution < -0.4 is 21.9 Å². The lowest BCUT2D eigenvalue weighted by molar-refractivity contribution is 0.0691. The third-order valence-electron chi connectivity index (χ3n) is 6.39. The van der Waals surface area contributed by atoms with Gasteiger partial charge in [-0.25, -0.2) is 9.59 Å². The fraction of sp³-hybridized carbons (Fsp3) is 0.400.